The number of carbonyl (C=O) groups is 1. The maximum Gasteiger partial charge on any atom is 0.274 e. The molecule has 0 aliphatic rings. The van der Waals surface area contributed by atoms with Crippen molar-refractivity contribution in [3.63, 3.8) is 0 Å². The van der Waals surface area contributed by atoms with Gasteiger partial charge < -0.3 is 10.6 Å². The van der Waals surface area contributed by atoms with Crippen molar-refractivity contribution in [1.29, 1.82) is 0 Å². The largest absolute Gasteiger partial charge is 0.340 e. The molecule has 0 saturated heterocycles. The van der Waals surface area contributed by atoms with E-state index in [0.29, 0.717) is 11.5 Å². The standard InChI is InChI=1S/C19H18N4O/c1-13-8-9-14(2)16(10-13)23-19(24)17-11-18(21-12-20-17)22-15-6-4-3-5-7-15/h3-12H,1-2H3,(H,23,24)(H,20,21,22). The van der Waals surface area contributed by atoms with Gasteiger partial charge in [-0.2, -0.15) is 0 Å². The van der Waals surface area contributed by atoms with Gasteiger partial charge in [0.25, 0.3) is 5.91 Å². The van der Waals surface area contributed by atoms with Crippen LogP contribution in [0.3, 0.4) is 0 Å². The van der Waals surface area contributed by atoms with Gasteiger partial charge in [-0.1, -0.05) is 30.3 Å². The van der Waals surface area contributed by atoms with Crippen molar-refractivity contribution in [3.05, 3.63) is 77.7 Å². The molecule has 0 saturated carbocycles. The monoisotopic (exact) mass is 318 g/mol. The molecule has 1 heterocycles. The lowest BCUT2D eigenvalue weighted by Crippen LogP contribution is -2.15. The first kappa shape index (κ1) is 15.7. The summed E-state index contributed by atoms with van der Waals surface area (Å²) in [5.74, 6) is 0.310. The zero-order valence-corrected chi connectivity index (χ0v) is 13.6. The van der Waals surface area contributed by atoms with Gasteiger partial charge in [0.15, 0.2) is 0 Å². The molecule has 24 heavy (non-hydrogen) atoms. The molecular formula is C19H18N4O. The number of nitrogens with one attached hydrogen (secondary N) is 2. The number of benzene rings is 2. The molecule has 1 aromatic heterocycles. The zero-order valence-electron chi connectivity index (χ0n) is 13.6. The molecule has 0 aliphatic carbocycles. The van der Waals surface area contributed by atoms with Crippen LogP contribution in [0.2, 0.25) is 0 Å². The molecule has 2 aromatic carbocycles. The lowest BCUT2D eigenvalue weighted by Gasteiger charge is -2.10. The molecule has 1 amide bonds. The Hall–Kier alpha value is -3.21. The number of nitrogens with zero attached hydrogens (tertiary/aromatic N) is 2. The number of aromatic nitrogens is 2. The van der Waals surface area contributed by atoms with Crippen molar-refractivity contribution in [1.82, 2.24) is 9.97 Å². The van der Waals surface area contributed by atoms with E-state index in [1.54, 1.807) is 6.07 Å². The number of rotatable bonds is 4. The molecule has 120 valence electrons. The first-order chi connectivity index (χ1) is 11.6. The highest BCUT2D eigenvalue weighted by Gasteiger charge is 2.11. The van der Waals surface area contributed by atoms with Crippen LogP contribution >= 0.6 is 0 Å². The molecule has 0 spiro atoms. The third-order valence-electron chi connectivity index (χ3n) is 3.59. The average Bonchev–Trinajstić information content (AvgIpc) is 2.59. The van der Waals surface area contributed by atoms with E-state index in [-0.39, 0.29) is 5.91 Å². The fourth-order valence-electron chi connectivity index (χ4n) is 2.28. The van der Waals surface area contributed by atoms with Crippen LogP contribution in [0.4, 0.5) is 17.2 Å². The van der Waals surface area contributed by atoms with E-state index in [1.165, 1.54) is 6.33 Å². The Morgan fingerprint density at radius 3 is 2.54 bits per heavy atom. The fraction of sp³-hybridized carbons (Fsp3) is 0.105. The molecule has 0 fully saturated rings. The van der Waals surface area contributed by atoms with Crippen LogP contribution in [-0.2, 0) is 0 Å². The Balaban J connectivity index is 1.78. The first-order valence-electron chi connectivity index (χ1n) is 7.64. The molecule has 0 radical (unpaired) electrons. The molecular weight excluding hydrogens is 300 g/mol. The van der Waals surface area contributed by atoms with Crippen LogP contribution < -0.4 is 10.6 Å². The fourth-order valence-corrected chi connectivity index (χ4v) is 2.28. The number of hydrogen-bond donors (Lipinski definition) is 2. The molecule has 2 N–H and O–H groups in total. The van der Waals surface area contributed by atoms with Gasteiger partial charge in [-0.25, -0.2) is 9.97 Å². The molecule has 3 rings (SSSR count). The quantitative estimate of drug-likeness (QED) is 0.760. The van der Waals surface area contributed by atoms with Gasteiger partial charge in [-0.3, -0.25) is 4.79 Å². The van der Waals surface area contributed by atoms with Crippen LogP contribution in [0.15, 0.2) is 60.9 Å². The van der Waals surface area contributed by atoms with E-state index in [0.717, 1.165) is 22.5 Å². The number of amides is 1. The second-order valence-corrected chi connectivity index (χ2v) is 5.55. The van der Waals surface area contributed by atoms with E-state index in [2.05, 4.69) is 20.6 Å². The smallest absolute Gasteiger partial charge is 0.274 e. The zero-order chi connectivity index (χ0) is 16.9. The van der Waals surface area contributed by atoms with Gasteiger partial charge in [0, 0.05) is 17.4 Å². The van der Waals surface area contributed by atoms with E-state index in [1.807, 2.05) is 62.4 Å². The highest BCUT2D eigenvalue weighted by atomic mass is 16.1. The summed E-state index contributed by atoms with van der Waals surface area (Å²) < 4.78 is 0. The van der Waals surface area contributed by atoms with Gasteiger partial charge in [0.2, 0.25) is 0 Å². The Morgan fingerprint density at radius 2 is 1.75 bits per heavy atom. The Bertz CT molecular complexity index is 862. The van der Waals surface area contributed by atoms with E-state index in [9.17, 15) is 4.79 Å². The number of carbonyl (C=O) groups excluding carboxylic acids is 1. The van der Waals surface area contributed by atoms with Crippen LogP contribution in [0.5, 0.6) is 0 Å². The minimum atomic E-state index is -0.262. The van der Waals surface area contributed by atoms with Crippen LogP contribution in [-0.4, -0.2) is 15.9 Å². The molecule has 3 aromatic rings. The summed E-state index contributed by atoms with van der Waals surface area (Å²) in [7, 11) is 0. The second-order valence-electron chi connectivity index (χ2n) is 5.55. The van der Waals surface area contributed by atoms with E-state index >= 15 is 0 Å². The Morgan fingerprint density at radius 1 is 0.958 bits per heavy atom. The van der Waals surface area contributed by atoms with Crippen LogP contribution in [0, 0.1) is 13.8 Å². The topological polar surface area (TPSA) is 66.9 Å². The summed E-state index contributed by atoms with van der Waals surface area (Å²) in [5, 5.41) is 6.05. The maximum atomic E-state index is 12.5. The summed E-state index contributed by atoms with van der Waals surface area (Å²) in [6.45, 7) is 3.94. The van der Waals surface area contributed by atoms with Gasteiger partial charge >= 0.3 is 0 Å². The molecule has 0 aliphatic heterocycles. The SMILES string of the molecule is Cc1ccc(C)c(NC(=O)c2cc(Nc3ccccc3)ncn2)c1. The van der Waals surface area contributed by atoms with Crippen molar-refractivity contribution in [3.8, 4) is 0 Å². The molecule has 5 heteroatoms. The summed E-state index contributed by atoms with van der Waals surface area (Å²) in [5.41, 5.74) is 4.09. The summed E-state index contributed by atoms with van der Waals surface area (Å²) >= 11 is 0. The minimum Gasteiger partial charge on any atom is -0.340 e. The molecule has 0 unspecified atom stereocenters. The third-order valence-corrected chi connectivity index (χ3v) is 3.59. The van der Waals surface area contributed by atoms with Gasteiger partial charge in [0.05, 0.1) is 0 Å². The van der Waals surface area contributed by atoms with Crippen molar-refractivity contribution >= 4 is 23.1 Å². The maximum absolute atomic E-state index is 12.5. The molecule has 0 atom stereocenters. The number of anilines is 3. The first-order valence-corrected chi connectivity index (χ1v) is 7.64. The second kappa shape index (κ2) is 6.91. The van der Waals surface area contributed by atoms with Crippen LogP contribution in [0.1, 0.15) is 21.6 Å². The van der Waals surface area contributed by atoms with Crippen molar-refractivity contribution in [2.75, 3.05) is 10.6 Å². The van der Waals surface area contributed by atoms with Gasteiger partial charge in [-0.15, -0.1) is 0 Å². The van der Waals surface area contributed by atoms with Crippen molar-refractivity contribution in [2.45, 2.75) is 13.8 Å². The summed E-state index contributed by atoms with van der Waals surface area (Å²) in [6, 6.07) is 17.2. The van der Waals surface area contributed by atoms with Crippen LogP contribution in [0.25, 0.3) is 0 Å². The lowest BCUT2D eigenvalue weighted by atomic mass is 10.1. The van der Waals surface area contributed by atoms with Crippen molar-refractivity contribution in [2.24, 2.45) is 0 Å². The number of aryl methyl sites for hydroxylation is 2. The summed E-state index contributed by atoms with van der Waals surface area (Å²) in [6.07, 6.45) is 1.38. The average molecular weight is 318 g/mol. The Labute approximate surface area is 140 Å². The summed E-state index contributed by atoms with van der Waals surface area (Å²) in [4.78, 5) is 20.7. The normalized spacial score (nSPS) is 10.2. The highest BCUT2D eigenvalue weighted by molar-refractivity contribution is 6.03. The Kier molecular flexibility index (Phi) is 4.52. The predicted molar refractivity (Wildman–Crippen MR) is 95.6 cm³/mol. The van der Waals surface area contributed by atoms with Gasteiger partial charge in [-0.05, 0) is 43.2 Å². The molecule has 0 bridgehead atoms. The van der Waals surface area contributed by atoms with Gasteiger partial charge in [0.1, 0.15) is 17.8 Å². The number of para-hydroxylation sites is 1. The highest BCUT2D eigenvalue weighted by Crippen LogP contribution is 2.18. The van der Waals surface area contributed by atoms with Crippen molar-refractivity contribution < 1.29 is 4.79 Å². The minimum absolute atomic E-state index is 0.262. The third kappa shape index (κ3) is 3.76. The van der Waals surface area contributed by atoms with E-state index in [4.69, 9.17) is 0 Å². The molecule has 5 nitrogen and oxygen atoms in total. The number of hydrogen-bond acceptors (Lipinski definition) is 4. The van der Waals surface area contributed by atoms with E-state index < -0.39 is 0 Å². The predicted octanol–water partition coefficient (Wildman–Crippen LogP) is 4.09. The lowest BCUT2D eigenvalue weighted by molar-refractivity contribution is 0.102.